The maximum atomic E-state index is 14.1. The van der Waals surface area contributed by atoms with Crippen molar-refractivity contribution in [1.82, 2.24) is 20.0 Å². The first kappa shape index (κ1) is 27.7. The molecule has 0 aliphatic heterocycles. The summed E-state index contributed by atoms with van der Waals surface area (Å²) < 4.78 is 29.9. The molecule has 1 aliphatic rings. The van der Waals surface area contributed by atoms with Crippen molar-refractivity contribution in [3.63, 3.8) is 0 Å². The number of hydrogen-bond acceptors (Lipinski definition) is 6. The Labute approximate surface area is 247 Å². The predicted octanol–water partition coefficient (Wildman–Crippen LogP) is 6.47. The summed E-state index contributed by atoms with van der Waals surface area (Å²) >= 11 is 6.79. The number of benzene rings is 3. The number of halogens is 3. The highest BCUT2D eigenvalue weighted by atomic mass is 35.5. The number of nitrogens with zero attached hydrogens (tertiary/aromatic N) is 5. The van der Waals surface area contributed by atoms with Crippen LogP contribution in [0, 0.1) is 23.0 Å². The molecule has 1 saturated carbocycles. The van der Waals surface area contributed by atoms with Crippen molar-refractivity contribution in [2.45, 2.75) is 43.7 Å². The first-order valence-electron chi connectivity index (χ1n) is 13.8. The second kappa shape index (κ2) is 11.1. The maximum Gasteiger partial charge on any atom is 0.148 e. The van der Waals surface area contributed by atoms with E-state index >= 15 is 0 Å². The quantitative estimate of drug-likeness (QED) is 0.194. The molecule has 2 N–H and O–H groups in total. The molecule has 0 spiro atoms. The first-order valence-corrected chi connectivity index (χ1v) is 14.2. The number of pyridine rings is 1. The Bertz CT molecular complexity index is 1820. The lowest BCUT2D eigenvalue weighted by molar-refractivity contribution is 0.610. The van der Waals surface area contributed by atoms with Crippen LogP contribution in [0.1, 0.15) is 60.7 Å². The monoisotopic (exact) mass is 581 g/mol. The lowest BCUT2D eigenvalue weighted by Crippen LogP contribution is -2.37. The van der Waals surface area contributed by atoms with E-state index in [0.717, 1.165) is 24.0 Å². The van der Waals surface area contributed by atoms with Gasteiger partial charge in [-0.15, -0.1) is 5.10 Å². The highest BCUT2D eigenvalue weighted by Gasteiger charge is 2.34. The average Bonchev–Trinajstić information content (AvgIpc) is 3.71. The Hall–Kier alpha value is -4.49. The van der Waals surface area contributed by atoms with E-state index in [2.05, 4.69) is 32.0 Å². The van der Waals surface area contributed by atoms with Gasteiger partial charge in [0, 0.05) is 17.3 Å². The van der Waals surface area contributed by atoms with Crippen LogP contribution in [0.15, 0.2) is 73.1 Å². The van der Waals surface area contributed by atoms with Crippen LogP contribution in [-0.2, 0) is 5.44 Å². The zero-order valence-electron chi connectivity index (χ0n) is 23.1. The van der Waals surface area contributed by atoms with Gasteiger partial charge in [-0.1, -0.05) is 48.0 Å². The van der Waals surface area contributed by atoms with Gasteiger partial charge in [0.1, 0.15) is 31.2 Å². The molecule has 5 aromatic rings. The van der Waals surface area contributed by atoms with Crippen LogP contribution < -0.4 is 10.6 Å². The van der Waals surface area contributed by atoms with Gasteiger partial charge in [0.15, 0.2) is 0 Å². The Morgan fingerprint density at radius 1 is 1.14 bits per heavy atom. The smallest absolute Gasteiger partial charge is 0.148 e. The molecule has 210 valence electrons. The number of nitrogens with one attached hydrogen (secondary N) is 2. The summed E-state index contributed by atoms with van der Waals surface area (Å²) in [5.74, 6) is -0.674. The Morgan fingerprint density at radius 2 is 1.93 bits per heavy atom. The fourth-order valence-electron chi connectivity index (χ4n) is 5.27. The van der Waals surface area contributed by atoms with E-state index in [0.29, 0.717) is 51.0 Å². The van der Waals surface area contributed by atoms with Crippen molar-refractivity contribution < 1.29 is 8.78 Å². The summed E-state index contributed by atoms with van der Waals surface area (Å²) in [6.07, 6.45) is 6.16. The average molecular weight is 582 g/mol. The molecule has 3 aromatic carbocycles. The minimum Gasteiger partial charge on any atom is -0.378 e. The van der Waals surface area contributed by atoms with Crippen molar-refractivity contribution in [3.05, 3.63) is 112 Å². The van der Waals surface area contributed by atoms with Crippen LogP contribution in [0.4, 0.5) is 20.2 Å². The summed E-state index contributed by atoms with van der Waals surface area (Å²) in [4.78, 5) is 4.48. The summed E-state index contributed by atoms with van der Waals surface area (Å²) in [6.45, 7) is 1.99. The summed E-state index contributed by atoms with van der Waals surface area (Å²) in [5, 5.41) is 26.9. The Kier molecular flexibility index (Phi) is 7.29. The van der Waals surface area contributed by atoms with Crippen LogP contribution in [0.5, 0.6) is 0 Å². The van der Waals surface area contributed by atoms with Crippen LogP contribution in [0.2, 0.25) is 5.02 Å². The number of anilines is 2. The Balaban J connectivity index is 1.46. The number of aromatic nitrogens is 4. The van der Waals surface area contributed by atoms with Gasteiger partial charge in [-0.25, -0.2) is 13.5 Å². The lowest BCUT2D eigenvalue weighted by atomic mass is 9.69. The van der Waals surface area contributed by atoms with Crippen molar-refractivity contribution >= 4 is 41.7 Å². The van der Waals surface area contributed by atoms with E-state index in [1.807, 2.05) is 37.8 Å². The molecule has 1 fully saturated rings. The van der Waals surface area contributed by atoms with Gasteiger partial charge in [-0.05, 0) is 66.8 Å². The normalized spacial score (nSPS) is 15.1. The van der Waals surface area contributed by atoms with Crippen molar-refractivity contribution in [3.8, 4) is 6.07 Å². The highest BCUT2D eigenvalue weighted by molar-refractivity contribution is 6.36. The third kappa shape index (κ3) is 5.28. The molecule has 2 aromatic heterocycles. The number of hydrogen-bond donors (Lipinski definition) is 2. The largest absolute Gasteiger partial charge is 0.378 e. The first-order chi connectivity index (χ1) is 20.3. The third-order valence-corrected chi connectivity index (χ3v) is 8.07. The zero-order chi connectivity index (χ0) is 29.4. The van der Waals surface area contributed by atoms with E-state index in [9.17, 15) is 14.0 Å². The van der Waals surface area contributed by atoms with Crippen LogP contribution in [0.25, 0.3) is 10.9 Å². The summed E-state index contributed by atoms with van der Waals surface area (Å²) in [6, 6.07) is 18.6. The molecule has 1 aliphatic carbocycles. The van der Waals surface area contributed by atoms with Gasteiger partial charge in [0.2, 0.25) is 0 Å². The molecule has 6 rings (SSSR count). The molecule has 1 unspecified atom stereocenters. The SMILES string of the molecule is BC(Nc1cc(Cl)c2ncc(C#N)c(N[C@H](CC)c3cccc(F)c3)c2c1)(c1ccc(F)cc1)c1cn(C2CC2)nn1. The zero-order valence-corrected chi connectivity index (χ0v) is 23.8. The van der Waals surface area contributed by atoms with E-state index < -0.39 is 5.44 Å². The number of nitriles is 1. The van der Waals surface area contributed by atoms with Gasteiger partial charge in [0.05, 0.1) is 45.5 Å². The van der Waals surface area contributed by atoms with Crippen molar-refractivity contribution in [1.29, 1.82) is 5.26 Å². The molecule has 2 atom stereocenters. The predicted molar refractivity (Wildman–Crippen MR) is 162 cm³/mol. The minimum atomic E-state index is -0.904. The summed E-state index contributed by atoms with van der Waals surface area (Å²) in [5.41, 5.74) is 3.33. The van der Waals surface area contributed by atoms with E-state index in [1.165, 1.54) is 30.5 Å². The van der Waals surface area contributed by atoms with Crippen molar-refractivity contribution in [2.24, 2.45) is 0 Å². The second-order valence-corrected chi connectivity index (χ2v) is 11.2. The molecular formula is C31H27BClF2N7. The second-order valence-electron chi connectivity index (χ2n) is 10.7. The van der Waals surface area contributed by atoms with Crippen LogP contribution in [-0.4, -0.2) is 27.8 Å². The fraction of sp³-hybridized carbons (Fsp3) is 0.226. The highest BCUT2D eigenvalue weighted by Crippen LogP contribution is 2.39. The minimum absolute atomic E-state index is 0.268. The van der Waals surface area contributed by atoms with Gasteiger partial charge >= 0.3 is 0 Å². The molecule has 0 amide bonds. The van der Waals surface area contributed by atoms with Gasteiger partial charge in [-0.3, -0.25) is 4.98 Å². The van der Waals surface area contributed by atoms with Crippen molar-refractivity contribution in [2.75, 3.05) is 10.6 Å². The van der Waals surface area contributed by atoms with Gasteiger partial charge in [0.25, 0.3) is 0 Å². The number of fused-ring (bicyclic) bond motifs is 1. The van der Waals surface area contributed by atoms with Gasteiger partial charge in [-0.2, -0.15) is 5.26 Å². The lowest BCUT2D eigenvalue weighted by Gasteiger charge is -2.31. The molecule has 2 heterocycles. The molecule has 0 bridgehead atoms. The molecule has 42 heavy (non-hydrogen) atoms. The molecular weight excluding hydrogens is 555 g/mol. The molecule has 0 saturated heterocycles. The topological polar surface area (TPSA) is 91.5 Å². The third-order valence-electron chi connectivity index (χ3n) is 7.78. The van der Waals surface area contributed by atoms with Gasteiger partial charge < -0.3 is 10.6 Å². The van der Waals surface area contributed by atoms with E-state index in [1.54, 1.807) is 24.3 Å². The molecule has 7 nitrogen and oxygen atoms in total. The number of rotatable bonds is 9. The van der Waals surface area contributed by atoms with Crippen LogP contribution in [0.3, 0.4) is 0 Å². The standard InChI is InChI=1S/C31H27BClF2N7/c1-2-27(18-4-3-5-22(35)12-18)38-29-19(15-36)16-37-30-25(29)13-23(14-26(30)33)39-31(32,20-6-8-21(34)9-7-20)28-17-42(41-40-28)24-10-11-24/h3-9,12-14,16-17,24,27,39H,2,10-11,32H2,1H3,(H,37,38)/t27-,31?/m1/s1. The van der Waals surface area contributed by atoms with E-state index in [4.69, 9.17) is 11.6 Å². The maximum absolute atomic E-state index is 14.1. The molecule has 11 heteroatoms. The summed E-state index contributed by atoms with van der Waals surface area (Å²) in [7, 11) is 1.96. The van der Waals surface area contributed by atoms with E-state index in [-0.39, 0.29) is 17.7 Å². The molecule has 0 radical (unpaired) electrons. The fourth-order valence-corrected chi connectivity index (χ4v) is 5.54. The van der Waals surface area contributed by atoms with Crippen LogP contribution >= 0.6 is 11.6 Å². The Morgan fingerprint density at radius 3 is 2.62 bits per heavy atom.